The molecular weight excluding hydrogens is 440 g/mol. The molecule has 0 aliphatic rings. The second kappa shape index (κ2) is 11.0. The molecule has 0 fully saturated rings. The monoisotopic (exact) mass is 466 g/mol. The van der Waals surface area contributed by atoms with Crippen molar-refractivity contribution < 1.29 is 24.2 Å². The molecule has 3 aromatic carbocycles. The van der Waals surface area contributed by atoms with Gasteiger partial charge in [0.2, 0.25) is 0 Å². The molecule has 172 valence electrons. The predicted molar refractivity (Wildman–Crippen MR) is 131 cm³/mol. The Bertz CT molecular complexity index is 1150. The molecule has 0 aromatic heterocycles. The van der Waals surface area contributed by atoms with E-state index in [1.807, 2.05) is 26.0 Å². The van der Waals surface area contributed by atoms with Crippen LogP contribution in [0.4, 0.5) is 0 Å². The van der Waals surface area contributed by atoms with E-state index in [0.29, 0.717) is 29.0 Å². The van der Waals surface area contributed by atoms with E-state index in [4.69, 9.17) is 21.1 Å². The van der Waals surface area contributed by atoms with E-state index in [1.54, 1.807) is 48.5 Å². The molecule has 0 bridgehead atoms. The van der Waals surface area contributed by atoms with E-state index in [2.05, 4.69) is 6.58 Å². The van der Waals surface area contributed by atoms with Crippen LogP contribution < -0.4 is 4.74 Å². The molecule has 0 heterocycles. The summed E-state index contributed by atoms with van der Waals surface area (Å²) in [6.07, 6.45) is 2.56. The van der Waals surface area contributed by atoms with Gasteiger partial charge in [-0.05, 0) is 52.6 Å². The van der Waals surface area contributed by atoms with Crippen molar-refractivity contribution in [1.82, 2.24) is 0 Å². The summed E-state index contributed by atoms with van der Waals surface area (Å²) in [7, 11) is 0. The number of fused-ring (bicyclic) bond motifs is 1. The van der Waals surface area contributed by atoms with Crippen molar-refractivity contribution >= 4 is 34.3 Å². The lowest BCUT2D eigenvalue weighted by Gasteiger charge is -2.16. The summed E-state index contributed by atoms with van der Waals surface area (Å²) >= 11 is 6.26. The zero-order chi connectivity index (χ0) is 24.0. The molecule has 2 atom stereocenters. The van der Waals surface area contributed by atoms with Gasteiger partial charge in [-0.2, -0.15) is 0 Å². The highest BCUT2D eigenvalue weighted by Crippen LogP contribution is 2.34. The lowest BCUT2D eigenvalue weighted by atomic mass is 9.92. The number of hydrogen-bond donors (Lipinski definition) is 1. The van der Waals surface area contributed by atoms with Gasteiger partial charge in [-0.15, -0.1) is 11.6 Å². The summed E-state index contributed by atoms with van der Waals surface area (Å²) in [5, 5.41) is 11.1. The number of ether oxygens (including phenoxy) is 2. The third kappa shape index (κ3) is 5.74. The van der Waals surface area contributed by atoms with Crippen LogP contribution in [-0.2, 0) is 4.74 Å². The van der Waals surface area contributed by atoms with Crippen molar-refractivity contribution in [3.63, 3.8) is 0 Å². The molecule has 1 N–H and O–H groups in total. The Morgan fingerprint density at radius 1 is 1.12 bits per heavy atom. The average Bonchev–Trinajstić information content (AvgIpc) is 2.84. The molecule has 3 aromatic rings. The van der Waals surface area contributed by atoms with Gasteiger partial charge in [0.25, 0.3) is 0 Å². The van der Waals surface area contributed by atoms with Crippen molar-refractivity contribution in [3.05, 3.63) is 78.4 Å². The van der Waals surface area contributed by atoms with Crippen LogP contribution >= 0.6 is 11.6 Å². The first-order valence-electron chi connectivity index (χ1n) is 10.8. The van der Waals surface area contributed by atoms with Gasteiger partial charge in [-0.1, -0.05) is 57.2 Å². The normalized spacial score (nSPS) is 12.7. The lowest BCUT2D eigenvalue weighted by molar-refractivity contribution is 0.0489. The number of rotatable bonds is 10. The summed E-state index contributed by atoms with van der Waals surface area (Å²) in [6.45, 7) is 8.21. The Kier molecular flexibility index (Phi) is 8.12. The van der Waals surface area contributed by atoms with Gasteiger partial charge in [0.1, 0.15) is 19.0 Å². The van der Waals surface area contributed by atoms with E-state index >= 15 is 0 Å². The van der Waals surface area contributed by atoms with Gasteiger partial charge in [-0.25, -0.2) is 9.59 Å². The average molecular weight is 467 g/mol. The molecule has 33 heavy (non-hydrogen) atoms. The molecule has 0 saturated heterocycles. The molecule has 0 unspecified atom stereocenters. The maximum atomic E-state index is 12.4. The van der Waals surface area contributed by atoms with E-state index in [0.717, 1.165) is 17.2 Å². The van der Waals surface area contributed by atoms with Crippen LogP contribution in [0.2, 0.25) is 0 Å². The number of benzene rings is 3. The minimum Gasteiger partial charge on any atom is -0.490 e. The summed E-state index contributed by atoms with van der Waals surface area (Å²) in [5.74, 6) is -0.578. The smallest absolute Gasteiger partial charge is 0.338 e. The first-order chi connectivity index (χ1) is 15.8. The third-order valence-electron chi connectivity index (χ3n) is 5.63. The molecule has 6 heteroatoms. The minimum atomic E-state index is -1.03. The molecule has 3 rings (SSSR count). The van der Waals surface area contributed by atoms with E-state index < -0.39 is 11.9 Å². The van der Waals surface area contributed by atoms with Crippen molar-refractivity contribution in [1.29, 1.82) is 0 Å². The Morgan fingerprint density at radius 2 is 1.85 bits per heavy atom. The third-order valence-corrected chi connectivity index (χ3v) is 6.19. The fraction of sp³-hybridized carbons (Fsp3) is 0.259. The summed E-state index contributed by atoms with van der Waals surface area (Å²) in [5.41, 5.74) is 1.82. The molecular formula is C27H27ClO5. The zero-order valence-electron chi connectivity index (χ0n) is 18.7. The first kappa shape index (κ1) is 24.3. The summed E-state index contributed by atoms with van der Waals surface area (Å²) in [6, 6.07) is 15.6. The zero-order valence-corrected chi connectivity index (χ0v) is 19.5. The predicted octanol–water partition coefficient (Wildman–Crippen LogP) is 6.58. The SMILES string of the molecule is C=CCOc1ccc2c(-c3ccc(C(=O)OC[C@@H](Cl)[C@@H](C)CC)cc3)c(C(=O)O)ccc2c1. The van der Waals surface area contributed by atoms with E-state index in [1.165, 1.54) is 0 Å². The second-order valence-electron chi connectivity index (χ2n) is 7.85. The van der Waals surface area contributed by atoms with E-state index in [9.17, 15) is 14.7 Å². The Hall–Kier alpha value is -3.31. The Balaban J connectivity index is 1.91. The van der Waals surface area contributed by atoms with Gasteiger partial charge in [0, 0.05) is 5.56 Å². The van der Waals surface area contributed by atoms with Crippen LogP contribution in [0.15, 0.2) is 67.3 Å². The van der Waals surface area contributed by atoms with Crippen molar-refractivity contribution in [2.24, 2.45) is 5.92 Å². The largest absolute Gasteiger partial charge is 0.490 e. The maximum absolute atomic E-state index is 12.4. The molecule has 0 radical (unpaired) electrons. The molecule has 0 aliphatic heterocycles. The fourth-order valence-electron chi connectivity index (χ4n) is 3.47. The van der Waals surface area contributed by atoms with Crippen molar-refractivity contribution in [2.45, 2.75) is 25.6 Å². The van der Waals surface area contributed by atoms with Gasteiger partial charge < -0.3 is 14.6 Å². The van der Waals surface area contributed by atoms with Crippen molar-refractivity contribution in [2.75, 3.05) is 13.2 Å². The number of aromatic carboxylic acids is 1. The minimum absolute atomic E-state index is 0.139. The quantitative estimate of drug-likeness (QED) is 0.207. The number of carbonyl (C=O) groups is 2. The maximum Gasteiger partial charge on any atom is 0.338 e. The highest BCUT2D eigenvalue weighted by Gasteiger charge is 2.18. The fourth-order valence-corrected chi connectivity index (χ4v) is 3.71. The molecule has 0 saturated carbocycles. The highest BCUT2D eigenvalue weighted by atomic mass is 35.5. The van der Waals surface area contributed by atoms with Crippen LogP contribution in [0.5, 0.6) is 5.75 Å². The van der Waals surface area contributed by atoms with Gasteiger partial charge in [0.15, 0.2) is 0 Å². The van der Waals surface area contributed by atoms with Gasteiger partial charge in [0.05, 0.1) is 16.5 Å². The van der Waals surface area contributed by atoms with Crippen LogP contribution in [0.3, 0.4) is 0 Å². The van der Waals surface area contributed by atoms with Crippen LogP contribution in [0.1, 0.15) is 41.0 Å². The number of esters is 1. The molecule has 0 spiro atoms. The number of carbonyl (C=O) groups excluding carboxylic acids is 1. The standard InChI is InChI=1S/C27H27ClO5/c1-4-14-32-21-11-13-22-20(15-21)10-12-23(26(29)30)25(22)18-6-8-19(9-7-18)27(31)33-16-24(28)17(3)5-2/h4,6-13,15,17,24H,1,5,14,16H2,2-3H3,(H,29,30)/t17-,24+/m0/s1. The van der Waals surface area contributed by atoms with Crippen LogP contribution in [-0.4, -0.2) is 35.6 Å². The van der Waals surface area contributed by atoms with E-state index in [-0.39, 0.29) is 23.5 Å². The van der Waals surface area contributed by atoms with Gasteiger partial charge in [-0.3, -0.25) is 0 Å². The van der Waals surface area contributed by atoms with Gasteiger partial charge >= 0.3 is 11.9 Å². The lowest BCUT2D eigenvalue weighted by Crippen LogP contribution is -2.20. The molecule has 5 nitrogen and oxygen atoms in total. The number of halogens is 1. The Labute approximate surface area is 198 Å². The molecule has 0 amide bonds. The van der Waals surface area contributed by atoms with Crippen molar-refractivity contribution in [3.8, 4) is 16.9 Å². The summed E-state index contributed by atoms with van der Waals surface area (Å²) in [4.78, 5) is 24.4. The number of hydrogen-bond acceptors (Lipinski definition) is 4. The topological polar surface area (TPSA) is 72.8 Å². The Morgan fingerprint density at radius 3 is 2.48 bits per heavy atom. The highest BCUT2D eigenvalue weighted by molar-refractivity contribution is 6.21. The summed E-state index contributed by atoms with van der Waals surface area (Å²) < 4.78 is 10.9. The second-order valence-corrected chi connectivity index (χ2v) is 8.41. The number of alkyl halides is 1. The number of carboxylic acid groups (broad SMARTS) is 1. The molecule has 0 aliphatic carbocycles. The van der Waals surface area contributed by atoms with Crippen LogP contribution in [0.25, 0.3) is 21.9 Å². The van der Waals surface area contributed by atoms with Crippen LogP contribution in [0, 0.1) is 5.92 Å². The number of carboxylic acids is 1. The first-order valence-corrected chi connectivity index (χ1v) is 11.2.